The molecule has 0 saturated heterocycles. The van der Waals surface area contributed by atoms with Gasteiger partial charge in [0.15, 0.2) is 11.0 Å². The predicted octanol–water partition coefficient (Wildman–Crippen LogP) is 5.13. The van der Waals surface area contributed by atoms with Gasteiger partial charge in [-0.05, 0) is 49.2 Å². The Morgan fingerprint density at radius 3 is 2.66 bits per heavy atom. The van der Waals surface area contributed by atoms with Crippen molar-refractivity contribution in [3.63, 3.8) is 0 Å². The van der Waals surface area contributed by atoms with Crippen LogP contribution in [0.25, 0.3) is 22.6 Å². The molecule has 5 rings (SSSR count). The van der Waals surface area contributed by atoms with Gasteiger partial charge in [-0.15, -0.1) is 11.3 Å². The lowest BCUT2D eigenvalue weighted by Crippen LogP contribution is -2.12. The van der Waals surface area contributed by atoms with Crippen LogP contribution < -0.4 is 5.32 Å². The van der Waals surface area contributed by atoms with E-state index in [2.05, 4.69) is 20.3 Å². The van der Waals surface area contributed by atoms with E-state index < -0.39 is 5.91 Å². The van der Waals surface area contributed by atoms with Crippen molar-refractivity contribution in [2.75, 3.05) is 5.32 Å². The molecule has 0 spiro atoms. The van der Waals surface area contributed by atoms with Gasteiger partial charge in [0.2, 0.25) is 5.76 Å². The maximum Gasteiger partial charge on any atom is 0.295 e. The number of amides is 1. The highest BCUT2D eigenvalue weighted by Gasteiger charge is 2.32. The molecule has 1 saturated carbocycles. The second-order valence-corrected chi connectivity index (χ2v) is 7.58. The first-order valence-electron chi connectivity index (χ1n) is 9.12. The third-order valence-corrected chi connectivity index (χ3v) is 5.30. The summed E-state index contributed by atoms with van der Waals surface area (Å²) in [5.41, 5.74) is 2.44. The van der Waals surface area contributed by atoms with Crippen molar-refractivity contribution in [1.29, 1.82) is 0 Å². The van der Waals surface area contributed by atoms with Crippen LogP contribution >= 0.6 is 11.3 Å². The van der Waals surface area contributed by atoms with Crippen molar-refractivity contribution >= 4 is 22.4 Å². The number of oxazole rings is 1. The minimum atomic E-state index is -0.439. The van der Waals surface area contributed by atoms with Gasteiger partial charge in [0.1, 0.15) is 17.2 Å². The molecule has 0 aliphatic heterocycles. The van der Waals surface area contributed by atoms with E-state index in [9.17, 15) is 9.18 Å². The molecule has 0 unspecified atom stereocenters. The molecule has 4 aromatic rings. The highest BCUT2D eigenvalue weighted by Crippen LogP contribution is 2.41. The third-order valence-electron chi connectivity index (χ3n) is 4.55. The molecule has 1 aliphatic carbocycles. The Balaban J connectivity index is 1.44. The molecule has 0 atom stereocenters. The third kappa shape index (κ3) is 3.66. The molecule has 1 fully saturated rings. The quantitative estimate of drug-likeness (QED) is 0.497. The van der Waals surface area contributed by atoms with Crippen LogP contribution in [-0.2, 0) is 0 Å². The second kappa shape index (κ2) is 7.21. The molecule has 1 N–H and O–H groups in total. The van der Waals surface area contributed by atoms with Crippen LogP contribution in [-0.4, -0.2) is 20.9 Å². The first-order chi connectivity index (χ1) is 14.2. The molecule has 0 bridgehead atoms. The Bertz CT molecular complexity index is 1170. The normalized spacial score (nSPS) is 13.4. The van der Waals surface area contributed by atoms with Gasteiger partial charge in [0.05, 0.1) is 5.69 Å². The van der Waals surface area contributed by atoms with Crippen LogP contribution in [0.4, 0.5) is 9.52 Å². The van der Waals surface area contributed by atoms with E-state index in [1.807, 2.05) is 23.6 Å². The standard InChI is InChI=1S/C21H15FN4O2S/c22-14-8-6-12(7-9-14)17-18(28-20(25-17)13-4-5-13)19(27)26-21-24-16(11-29-21)15-3-1-2-10-23-15/h1-3,6-11,13H,4-5H2,(H,24,26,27). The van der Waals surface area contributed by atoms with E-state index in [1.54, 1.807) is 18.3 Å². The second-order valence-electron chi connectivity index (χ2n) is 6.72. The number of benzene rings is 1. The molecule has 3 aromatic heterocycles. The molecule has 8 heteroatoms. The summed E-state index contributed by atoms with van der Waals surface area (Å²) in [5.74, 6) is 0.100. The fraction of sp³-hybridized carbons (Fsp3) is 0.143. The van der Waals surface area contributed by atoms with Gasteiger partial charge in [-0.1, -0.05) is 6.07 Å². The fourth-order valence-electron chi connectivity index (χ4n) is 2.92. The van der Waals surface area contributed by atoms with Crippen LogP contribution in [0.15, 0.2) is 58.5 Å². The SMILES string of the molecule is O=C(Nc1nc(-c2ccccn2)cs1)c1oc(C2CC2)nc1-c1ccc(F)cc1. The molecule has 29 heavy (non-hydrogen) atoms. The van der Waals surface area contributed by atoms with Gasteiger partial charge in [-0.25, -0.2) is 14.4 Å². The van der Waals surface area contributed by atoms with Crippen LogP contribution in [0.5, 0.6) is 0 Å². The lowest BCUT2D eigenvalue weighted by Gasteiger charge is -2.02. The summed E-state index contributed by atoms with van der Waals surface area (Å²) < 4.78 is 19.1. The lowest BCUT2D eigenvalue weighted by molar-refractivity contribution is 0.0995. The lowest BCUT2D eigenvalue weighted by atomic mass is 10.1. The summed E-state index contributed by atoms with van der Waals surface area (Å²) in [6.07, 6.45) is 3.67. The van der Waals surface area contributed by atoms with E-state index in [4.69, 9.17) is 4.42 Å². The van der Waals surface area contributed by atoms with Gasteiger partial charge in [0, 0.05) is 23.1 Å². The number of rotatable bonds is 5. The molecule has 0 radical (unpaired) electrons. The summed E-state index contributed by atoms with van der Waals surface area (Å²) in [5, 5.41) is 5.04. The number of carbonyl (C=O) groups is 1. The van der Waals surface area contributed by atoms with Gasteiger partial charge in [-0.2, -0.15) is 0 Å². The Labute approximate surface area is 169 Å². The summed E-state index contributed by atoms with van der Waals surface area (Å²) >= 11 is 1.30. The number of hydrogen-bond donors (Lipinski definition) is 1. The molecular weight excluding hydrogens is 391 g/mol. The number of thiazole rings is 1. The smallest absolute Gasteiger partial charge is 0.295 e. The van der Waals surface area contributed by atoms with Gasteiger partial charge in [-0.3, -0.25) is 15.1 Å². The Kier molecular flexibility index (Phi) is 4.40. The maximum absolute atomic E-state index is 13.3. The Morgan fingerprint density at radius 2 is 1.93 bits per heavy atom. The first kappa shape index (κ1) is 17.7. The zero-order valence-electron chi connectivity index (χ0n) is 15.1. The number of nitrogens with zero attached hydrogens (tertiary/aromatic N) is 3. The zero-order chi connectivity index (χ0) is 19.8. The molecule has 1 aliphatic rings. The monoisotopic (exact) mass is 406 g/mol. The topological polar surface area (TPSA) is 80.9 Å². The van der Waals surface area contributed by atoms with Crippen molar-refractivity contribution in [1.82, 2.24) is 15.0 Å². The Morgan fingerprint density at radius 1 is 1.10 bits per heavy atom. The summed E-state index contributed by atoms with van der Waals surface area (Å²) in [4.78, 5) is 26.1. The van der Waals surface area contributed by atoms with E-state index in [0.717, 1.165) is 18.5 Å². The van der Waals surface area contributed by atoms with Crippen LogP contribution in [0.1, 0.15) is 35.2 Å². The number of nitrogens with one attached hydrogen (secondary N) is 1. The van der Waals surface area contributed by atoms with Gasteiger partial charge < -0.3 is 4.42 Å². The highest BCUT2D eigenvalue weighted by atomic mass is 32.1. The average molecular weight is 406 g/mol. The van der Waals surface area contributed by atoms with Crippen molar-refractivity contribution in [2.24, 2.45) is 0 Å². The maximum atomic E-state index is 13.3. The molecule has 3 heterocycles. The highest BCUT2D eigenvalue weighted by molar-refractivity contribution is 7.14. The van der Waals surface area contributed by atoms with Crippen molar-refractivity contribution in [3.8, 4) is 22.6 Å². The summed E-state index contributed by atoms with van der Waals surface area (Å²) in [7, 11) is 0. The van der Waals surface area contributed by atoms with Crippen LogP contribution in [0, 0.1) is 5.82 Å². The van der Waals surface area contributed by atoms with Crippen LogP contribution in [0.2, 0.25) is 0 Å². The zero-order valence-corrected chi connectivity index (χ0v) is 15.9. The molecule has 144 valence electrons. The number of pyridine rings is 1. The van der Waals surface area contributed by atoms with Gasteiger partial charge in [0.25, 0.3) is 5.91 Å². The minimum Gasteiger partial charge on any atom is -0.435 e. The first-order valence-corrected chi connectivity index (χ1v) is 10.0. The number of hydrogen-bond acceptors (Lipinski definition) is 6. The summed E-state index contributed by atoms with van der Waals surface area (Å²) in [6, 6.07) is 11.4. The summed E-state index contributed by atoms with van der Waals surface area (Å²) in [6.45, 7) is 0. The van der Waals surface area contributed by atoms with Crippen molar-refractivity contribution in [3.05, 3.63) is 71.5 Å². The molecular formula is C21H15FN4O2S. The van der Waals surface area contributed by atoms with Gasteiger partial charge >= 0.3 is 0 Å². The van der Waals surface area contributed by atoms with Crippen molar-refractivity contribution in [2.45, 2.75) is 18.8 Å². The largest absolute Gasteiger partial charge is 0.435 e. The number of halogens is 1. The Hall–Kier alpha value is -3.39. The van der Waals surface area contributed by atoms with Crippen LogP contribution in [0.3, 0.4) is 0 Å². The van der Waals surface area contributed by atoms with E-state index in [0.29, 0.717) is 28.0 Å². The predicted molar refractivity (Wildman–Crippen MR) is 107 cm³/mol. The minimum absolute atomic E-state index is 0.105. The van der Waals surface area contributed by atoms with E-state index >= 15 is 0 Å². The number of carbonyl (C=O) groups excluding carboxylic acids is 1. The fourth-order valence-corrected chi connectivity index (χ4v) is 3.62. The number of anilines is 1. The van der Waals surface area contributed by atoms with E-state index in [-0.39, 0.29) is 17.5 Å². The van der Waals surface area contributed by atoms with E-state index in [1.165, 1.54) is 23.5 Å². The molecule has 1 amide bonds. The molecule has 1 aromatic carbocycles. The van der Waals surface area contributed by atoms with Crippen molar-refractivity contribution < 1.29 is 13.6 Å². The number of aromatic nitrogens is 3. The average Bonchev–Trinajstić information content (AvgIpc) is 3.32. The molecule has 6 nitrogen and oxygen atoms in total.